The van der Waals surface area contributed by atoms with Crippen LogP contribution in [0.4, 0.5) is 4.39 Å². The number of nitrogens with zero attached hydrogens (tertiary/aromatic N) is 1. The topological polar surface area (TPSA) is 49.4 Å². The first-order chi connectivity index (χ1) is 17.8. The number of nitrogens with one attached hydrogen (secondary N) is 1. The Balaban J connectivity index is 1.87. The van der Waals surface area contributed by atoms with Gasteiger partial charge in [-0.15, -0.1) is 11.8 Å². The first kappa shape index (κ1) is 29.0. The minimum Gasteiger partial charge on any atom is -0.352 e. The fourth-order valence-corrected chi connectivity index (χ4v) is 5.15. The largest absolute Gasteiger partial charge is 0.352 e. The third-order valence-corrected chi connectivity index (χ3v) is 7.62. The van der Waals surface area contributed by atoms with Gasteiger partial charge in [0.05, 0.1) is 5.75 Å². The zero-order valence-corrected chi connectivity index (χ0v) is 23.3. The summed E-state index contributed by atoms with van der Waals surface area (Å²) in [6.45, 7) is 4.18. The summed E-state index contributed by atoms with van der Waals surface area (Å²) in [6.07, 6.45) is 1.14. The van der Waals surface area contributed by atoms with E-state index in [9.17, 15) is 14.0 Å². The van der Waals surface area contributed by atoms with Gasteiger partial charge in [0.2, 0.25) is 11.8 Å². The van der Waals surface area contributed by atoms with E-state index in [0.29, 0.717) is 22.0 Å². The summed E-state index contributed by atoms with van der Waals surface area (Å²) in [5, 5.41) is 3.97. The van der Waals surface area contributed by atoms with E-state index in [4.69, 9.17) is 23.2 Å². The summed E-state index contributed by atoms with van der Waals surface area (Å²) in [4.78, 5) is 28.7. The van der Waals surface area contributed by atoms with Gasteiger partial charge in [-0.1, -0.05) is 78.7 Å². The molecule has 8 heteroatoms. The minimum absolute atomic E-state index is 0.0316. The van der Waals surface area contributed by atoms with Crippen LogP contribution in [0.2, 0.25) is 10.0 Å². The van der Waals surface area contributed by atoms with E-state index < -0.39 is 11.9 Å². The zero-order chi connectivity index (χ0) is 26.8. The van der Waals surface area contributed by atoms with E-state index in [1.807, 2.05) is 56.3 Å². The first-order valence-corrected chi connectivity index (χ1v) is 14.1. The molecule has 0 aliphatic rings. The summed E-state index contributed by atoms with van der Waals surface area (Å²) >= 11 is 13.5. The van der Waals surface area contributed by atoms with Crippen LogP contribution in [0.25, 0.3) is 0 Å². The van der Waals surface area contributed by atoms with Crippen LogP contribution in [0, 0.1) is 5.82 Å². The van der Waals surface area contributed by atoms with Gasteiger partial charge in [-0.2, -0.15) is 0 Å². The average molecular weight is 562 g/mol. The molecule has 0 spiro atoms. The molecule has 0 unspecified atom stereocenters. The SMILES string of the molecule is CC[C@@H](C)NC(=O)[C@@H](Cc1ccccc1)N(Cc1ccc(Cl)cc1)C(=O)CSCc1c(F)cccc1Cl. The Bertz CT molecular complexity index is 1160. The van der Waals surface area contributed by atoms with E-state index in [2.05, 4.69) is 5.32 Å². The predicted molar refractivity (Wildman–Crippen MR) is 151 cm³/mol. The maximum Gasteiger partial charge on any atom is 0.243 e. The molecule has 0 aliphatic carbocycles. The molecule has 0 saturated heterocycles. The molecular formula is C29H31Cl2FN2O2S. The fourth-order valence-electron chi connectivity index (χ4n) is 3.78. The summed E-state index contributed by atoms with van der Waals surface area (Å²) in [5.41, 5.74) is 2.17. The van der Waals surface area contributed by atoms with Crippen LogP contribution >= 0.6 is 35.0 Å². The van der Waals surface area contributed by atoms with Gasteiger partial charge in [-0.05, 0) is 48.7 Å². The van der Waals surface area contributed by atoms with Crippen molar-refractivity contribution in [2.45, 2.75) is 51.1 Å². The van der Waals surface area contributed by atoms with Gasteiger partial charge >= 0.3 is 0 Å². The summed E-state index contributed by atoms with van der Waals surface area (Å²) in [6, 6.07) is 20.6. The van der Waals surface area contributed by atoms with Crippen molar-refractivity contribution in [1.82, 2.24) is 10.2 Å². The number of carbonyl (C=O) groups is 2. The van der Waals surface area contributed by atoms with E-state index >= 15 is 0 Å². The first-order valence-electron chi connectivity index (χ1n) is 12.2. The summed E-state index contributed by atoms with van der Waals surface area (Å²) in [5.74, 6) is -0.509. The van der Waals surface area contributed by atoms with Crippen molar-refractivity contribution in [3.05, 3.63) is 105 Å². The monoisotopic (exact) mass is 560 g/mol. The molecule has 37 heavy (non-hydrogen) atoms. The molecule has 0 radical (unpaired) electrons. The van der Waals surface area contributed by atoms with Gasteiger partial charge in [0.25, 0.3) is 0 Å². The molecule has 0 saturated carbocycles. The van der Waals surface area contributed by atoms with Gasteiger partial charge in [0.15, 0.2) is 0 Å². The highest BCUT2D eigenvalue weighted by atomic mass is 35.5. The van der Waals surface area contributed by atoms with Crippen molar-refractivity contribution in [1.29, 1.82) is 0 Å². The van der Waals surface area contributed by atoms with Crippen molar-refractivity contribution in [3.63, 3.8) is 0 Å². The number of halogens is 3. The molecular weight excluding hydrogens is 530 g/mol. The maximum atomic E-state index is 14.2. The molecule has 3 aromatic rings. The molecule has 0 fully saturated rings. The number of benzene rings is 3. The highest BCUT2D eigenvalue weighted by molar-refractivity contribution is 7.99. The Morgan fingerprint density at radius 3 is 2.32 bits per heavy atom. The number of hydrogen-bond acceptors (Lipinski definition) is 3. The van der Waals surface area contributed by atoms with Crippen LogP contribution in [0.15, 0.2) is 72.8 Å². The highest BCUT2D eigenvalue weighted by Crippen LogP contribution is 2.25. The molecule has 2 amide bonds. The lowest BCUT2D eigenvalue weighted by Gasteiger charge is -2.32. The van der Waals surface area contributed by atoms with Gasteiger partial charge in [0, 0.05) is 40.4 Å². The van der Waals surface area contributed by atoms with Crippen molar-refractivity contribution < 1.29 is 14.0 Å². The molecule has 0 aromatic heterocycles. The molecule has 4 nitrogen and oxygen atoms in total. The second kappa shape index (κ2) is 14.4. The highest BCUT2D eigenvalue weighted by Gasteiger charge is 2.31. The third kappa shape index (κ3) is 8.77. The number of thioether (sulfide) groups is 1. The average Bonchev–Trinajstić information content (AvgIpc) is 2.89. The Labute approximate surface area is 232 Å². The van der Waals surface area contributed by atoms with Gasteiger partial charge in [-0.25, -0.2) is 4.39 Å². The van der Waals surface area contributed by atoms with E-state index in [1.165, 1.54) is 17.8 Å². The zero-order valence-electron chi connectivity index (χ0n) is 20.9. The van der Waals surface area contributed by atoms with Gasteiger partial charge < -0.3 is 10.2 Å². The summed E-state index contributed by atoms with van der Waals surface area (Å²) in [7, 11) is 0. The number of carbonyl (C=O) groups excluding carboxylic acids is 2. The molecule has 0 heterocycles. The Morgan fingerprint density at radius 2 is 1.68 bits per heavy atom. The van der Waals surface area contributed by atoms with Crippen molar-refractivity contribution >= 4 is 46.8 Å². The normalized spacial score (nSPS) is 12.6. The molecule has 0 aliphatic heterocycles. The number of hydrogen-bond donors (Lipinski definition) is 1. The lowest BCUT2D eigenvalue weighted by molar-refractivity contribution is -0.139. The lowest BCUT2D eigenvalue weighted by atomic mass is 10.0. The minimum atomic E-state index is -0.725. The van der Waals surface area contributed by atoms with Crippen LogP contribution in [-0.4, -0.2) is 34.6 Å². The van der Waals surface area contributed by atoms with Crippen molar-refractivity contribution in [2.24, 2.45) is 0 Å². The van der Waals surface area contributed by atoms with Crippen molar-refractivity contribution in [2.75, 3.05) is 5.75 Å². The maximum absolute atomic E-state index is 14.2. The van der Waals surface area contributed by atoms with Crippen LogP contribution in [0.5, 0.6) is 0 Å². The second-order valence-electron chi connectivity index (χ2n) is 8.86. The van der Waals surface area contributed by atoms with Gasteiger partial charge in [-0.3, -0.25) is 9.59 Å². The smallest absolute Gasteiger partial charge is 0.243 e. The number of rotatable bonds is 12. The van der Waals surface area contributed by atoms with Crippen molar-refractivity contribution in [3.8, 4) is 0 Å². The van der Waals surface area contributed by atoms with E-state index in [0.717, 1.165) is 17.5 Å². The number of amides is 2. The van der Waals surface area contributed by atoms with Crippen LogP contribution in [0.3, 0.4) is 0 Å². The lowest BCUT2D eigenvalue weighted by Crippen LogP contribution is -2.52. The Hall–Kier alpha value is -2.54. The van der Waals surface area contributed by atoms with Crippen LogP contribution in [0.1, 0.15) is 37.0 Å². The standard InChI is InChI=1S/C29H31Cl2FN2O2S/c1-3-20(2)33-29(36)27(16-21-8-5-4-6-9-21)34(17-22-12-14-23(30)15-13-22)28(35)19-37-18-24-25(31)10-7-11-26(24)32/h4-15,20,27H,3,16-19H2,1-2H3,(H,33,36)/t20-,27-/m1/s1. The molecule has 3 rings (SSSR count). The molecule has 1 N–H and O–H groups in total. The fraction of sp³-hybridized carbons (Fsp3) is 0.310. The van der Waals surface area contributed by atoms with E-state index in [1.54, 1.807) is 29.2 Å². The van der Waals surface area contributed by atoms with E-state index in [-0.39, 0.29) is 35.9 Å². The van der Waals surface area contributed by atoms with Gasteiger partial charge in [0.1, 0.15) is 11.9 Å². The van der Waals surface area contributed by atoms with Crippen LogP contribution < -0.4 is 5.32 Å². The second-order valence-corrected chi connectivity index (χ2v) is 10.7. The predicted octanol–water partition coefficient (Wildman–Crippen LogP) is 6.92. The third-order valence-electron chi connectivity index (χ3n) is 6.07. The Morgan fingerprint density at radius 1 is 0.973 bits per heavy atom. The molecule has 196 valence electrons. The van der Waals surface area contributed by atoms with Crippen LogP contribution in [-0.2, 0) is 28.3 Å². The quantitative estimate of drug-likeness (QED) is 0.261. The Kier molecular flexibility index (Phi) is 11.3. The molecule has 2 atom stereocenters. The summed E-state index contributed by atoms with van der Waals surface area (Å²) < 4.78 is 14.2. The molecule has 3 aromatic carbocycles. The molecule has 0 bridgehead atoms.